The van der Waals surface area contributed by atoms with Crippen molar-refractivity contribution >= 4 is 63.0 Å². The quantitative estimate of drug-likeness (QED) is 0.0105. The van der Waals surface area contributed by atoms with Crippen molar-refractivity contribution in [3.63, 3.8) is 0 Å². The molecule has 8 aromatic rings. The van der Waals surface area contributed by atoms with Crippen LogP contribution in [-0.4, -0.2) is 244 Å². The Hall–Kier alpha value is -10.0. The third-order valence-corrected chi connectivity index (χ3v) is 38.4. The summed E-state index contributed by atoms with van der Waals surface area (Å²) < 4.78 is 308. The van der Waals surface area contributed by atoms with Crippen LogP contribution in [0.5, 0.6) is 0 Å². The first-order valence-electron chi connectivity index (χ1n) is 47.2. The Labute approximate surface area is 829 Å². The monoisotopic (exact) mass is 2130 g/mol. The van der Waals surface area contributed by atoms with E-state index in [0.717, 1.165) is 71.9 Å². The van der Waals surface area contributed by atoms with Gasteiger partial charge in [-0.05, 0) is 244 Å². The average molecular weight is 2130 g/mol. The standard InChI is InChI=1S/2C25H27F5N2O4S.C25H31F3N2O5S.C25H29F3N2O4S/c2*26-24(27,25(28,29)30)12-11-17-1-3-18(4-2-17)19-5-9-21(10-6-19)37(35,36)23(22(33)31-34)13-15-32(16-14-23)20-7-8-20;1-35-18-17-30-15-13-24(14-16-30,23(31)29-32)36(33,34)22-10-8-21(9-11-22)20-6-4-19(5-7-20)3-2-12-25(26,27)28;26-25(27,28)13-1-2-18-3-5-19(6-4-18)20-7-11-22(12-8-20)35(33,34)24(23(31)29-32)14-16-30(17-15-24)21-9-10-21/h2*1-6,9-10,20,34H,7-8,11-16H2,(H,31,33);4-11,32H,2-3,12-18H2,1H3,(H,29,31);3-8,11-12,21,32H,1-2,9-10,13-17H2,(H,29,31). The van der Waals surface area contributed by atoms with E-state index in [1.165, 1.54) is 108 Å². The maximum Gasteiger partial charge on any atom is 0.453 e. The van der Waals surface area contributed by atoms with E-state index in [1.807, 2.05) is 4.90 Å². The fraction of sp³-hybridized carbons (Fsp3) is 0.480. The Kier molecular flexibility index (Phi) is 36.4. The predicted octanol–water partition coefficient (Wildman–Crippen LogP) is 18.0. The third kappa shape index (κ3) is 26.8. The molecular formula is C100H114F16N8O17S4. The second kappa shape index (κ2) is 46.4. The van der Waals surface area contributed by atoms with Gasteiger partial charge >= 0.3 is 36.6 Å². The number of aryl methyl sites for hydroxylation is 4. The fourth-order valence-corrected chi connectivity index (χ4v) is 26.7. The fourth-order valence-electron chi connectivity index (χ4n) is 18.8. The Morgan fingerprint density at radius 1 is 0.303 bits per heavy atom. The molecule has 0 radical (unpaired) electrons. The number of alkyl halides is 16. The van der Waals surface area contributed by atoms with Gasteiger partial charge in [-0.3, -0.25) is 40.0 Å². The van der Waals surface area contributed by atoms with Gasteiger partial charge in [-0.2, -0.15) is 70.2 Å². The normalized spacial score (nSPS) is 18.4. The smallest absolute Gasteiger partial charge is 0.383 e. The highest BCUT2D eigenvalue weighted by molar-refractivity contribution is 7.94. The molecule has 0 atom stereocenters. The van der Waals surface area contributed by atoms with Gasteiger partial charge in [0.2, 0.25) is 0 Å². The first kappa shape index (κ1) is 114. The maximum atomic E-state index is 13.6. The van der Waals surface area contributed by atoms with Crippen LogP contribution < -0.4 is 21.9 Å². The van der Waals surface area contributed by atoms with Crippen molar-refractivity contribution in [2.24, 2.45) is 0 Å². The average Bonchev–Trinajstić information content (AvgIpc) is 1.59. The van der Waals surface area contributed by atoms with Crippen LogP contribution in [0, 0.1) is 0 Å². The summed E-state index contributed by atoms with van der Waals surface area (Å²) >= 11 is 0. The number of benzene rings is 8. The molecule has 8 N–H and O–H groups in total. The lowest BCUT2D eigenvalue weighted by Crippen LogP contribution is -2.58. The minimum absolute atomic E-state index is 0.00786. The number of methoxy groups -OCH3 is 1. The Bertz CT molecular complexity index is 6000. The molecule has 3 saturated carbocycles. The van der Waals surface area contributed by atoms with E-state index >= 15 is 0 Å². The van der Waals surface area contributed by atoms with E-state index in [4.69, 9.17) is 4.74 Å². The van der Waals surface area contributed by atoms with Gasteiger partial charge in [-0.15, -0.1) is 0 Å². The Morgan fingerprint density at radius 3 is 0.676 bits per heavy atom. The molecule has 792 valence electrons. The largest absolute Gasteiger partial charge is 0.453 e. The number of carbonyl (C=O) groups is 4. The number of carbonyl (C=O) groups excluding carboxylic acids is 4. The topological polar surface area (TPSA) is 356 Å². The number of ether oxygens (including phenoxy) is 1. The molecular weight excluding hydrogens is 2020 g/mol. The lowest BCUT2D eigenvalue weighted by atomic mass is 9.94. The van der Waals surface area contributed by atoms with E-state index in [0.29, 0.717) is 130 Å². The number of hydrogen-bond donors (Lipinski definition) is 8. The zero-order chi connectivity index (χ0) is 106. The van der Waals surface area contributed by atoms with Gasteiger partial charge in [-0.1, -0.05) is 146 Å². The van der Waals surface area contributed by atoms with Crippen molar-refractivity contribution in [2.45, 2.75) is 247 Å². The summed E-state index contributed by atoms with van der Waals surface area (Å²) in [6, 6.07) is 51.4. The molecule has 0 bridgehead atoms. The molecule has 4 aliphatic heterocycles. The lowest BCUT2D eigenvalue weighted by Gasteiger charge is -2.39. The summed E-state index contributed by atoms with van der Waals surface area (Å²) in [6.45, 7) is 4.49. The number of halogens is 16. The highest BCUT2D eigenvalue weighted by Gasteiger charge is 2.61. The number of piperidine rings is 4. The number of hydroxylamine groups is 4. The third-order valence-electron chi connectivity index (χ3n) is 28.3. The van der Waals surface area contributed by atoms with Crippen LogP contribution in [0.4, 0.5) is 70.2 Å². The molecule has 3 aliphatic carbocycles. The van der Waals surface area contributed by atoms with E-state index in [-0.39, 0.29) is 83.8 Å². The van der Waals surface area contributed by atoms with Crippen molar-refractivity contribution < 1.29 is 149 Å². The number of amides is 4. The zero-order valence-electron chi connectivity index (χ0n) is 78.8. The molecule has 4 amide bonds. The van der Waals surface area contributed by atoms with Crippen molar-refractivity contribution in [3.8, 4) is 44.5 Å². The number of sulfone groups is 4. The molecule has 0 aromatic heterocycles. The summed E-state index contributed by atoms with van der Waals surface area (Å²) in [5, 5.41) is 37.3. The van der Waals surface area contributed by atoms with Crippen LogP contribution >= 0.6 is 0 Å². The first-order valence-corrected chi connectivity index (χ1v) is 53.1. The highest BCUT2D eigenvalue weighted by Crippen LogP contribution is 2.48. The lowest BCUT2D eigenvalue weighted by molar-refractivity contribution is -0.284. The molecule has 7 aliphatic rings. The minimum Gasteiger partial charge on any atom is -0.383 e. The summed E-state index contributed by atoms with van der Waals surface area (Å²) in [5.74, 6) is -13.3. The molecule has 0 unspecified atom stereocenters. The highest BCUT2D eigenvalue weighted by atomic mass is 32.2. The molecule has 145 heavy (non-hydrogen) atoms. The second-order valence-corrected chi connectivity index (χ2v) is 46.7. The molecule has 25 nitrogen and oxygen atoms in total. The maximum absolute atomic E-state index is 13.6. The van der Waals surface area contributed by atoms with Gasteiger partial charge < -0.3 is 24.3 Å². The van der Waals surface area contributed by atoms with E-state index in [2.05, 4.69) is 14.7 Å². The number of nitrogens with zero attached hydrogens (tertiary/aromatic N) is 4. The molecule has 0 spiro atoms. The van der Waals surface area contributed by atoms with E-state index < -0.39 is 157 Å². The van der Waals surface area contributed by atoms with Crippen molar-refractivity contribution in [3.05, 3.63) is 216 Å². The van der Waals surface area contributed by atoms with Gasteiger partial charge in [0, 0.05) is 110 Å². The van der Waals surface area contributed by atoms with Gasteiger partial charge in [0.1, 0.15) is 0 Å². The molecule has 7 fully saturated rings. The van der Waals surface area contributed by atoms with Gasteiger partial charge in [-0.25, -0.2) is 55.6 Å². The van der Waals surface area contributed by atoms with Crippen molar-refractivity contribution in [2.75, 3.05) is 72.6 Å². The first-order chi connectivity index (χ1) is 68.2. The van der Waals surface area contributed by atoms with Crippen LogP contribution in [0.15, 0.2) is 214 Å². The number of likely N-dealkylation sites (tertiary alicyclic amines) is 4. The van der Waals surface area contributed by atoms with E-state index in [9.17, 15) is 144 Å². The van der Waals surface area contributed by atoms with Crippen molar-refractivity contribution in [1.82, 2.24) is 41.5 Å². The summed E-state index contributed by atoms with van der Waals surface area (Å²) in [7, 11) is -15.0. The second-order valence-electron chi connectivity index (χ2n) is 37.6. The van der Waals surface area contributed by atoms with Crippen molar-refractivity contribution in [1.29, 1.82) is 0 Å². The summed E-state index contributed by atoms with van der Waals surface area (Å²) in [4.78, 5) is 58.9. The van der Waals surface area contributed by atoms with E-state index in [1.54, 1.807) is 115 Å². The van der Waals surface area contributed by atoms with Crippen LogP contribution in [-0.2, 0) is 88.9 Å². The van der Waals surface area contributed by atoms with Gasteiger partial charge in [0.15, 0.2) is 58.3 Å². The zero-order valence-corrected chi connectivity index (χ0v) is 82.1. The van der Waals surface area contributed by atoms with Crippen LogP contribution in [0.25, 0.3) is 44.5 Å². The number of nitrogens with one attached hydrogen (secondary N) is 4. The summed E-state index contributed by atoms with van der Waals surface area (Å²) in [6.07, 6.45) is -17.3. The number of rotatable bonds is 34. The van der Waals surface area contributed by atoms with Gasteiger partial charge in [0.25, 0.3) is 23.6 Å². The molecule has 8 aromatic carbocycles. The predicted molar refractivity (Wildman–Crippen MR) is 503 cm³/mol. The molecule has 4 heterocycles. The Balaban J connectivity index is 0.000000172. The molecule has 15 rings (SSSR count). The minimum atomic E-state index is -5.60. The van der Waals surface area contributed by atoms with Gasteiger partial charge in [0.05, 0.1) is 26.2 Å². The summed E-state index contributed by atoms with van der Waals surface area (Å²) in [5.41, 5.74) is 13.9. The molecule has 45 heteroatoms. The van der Waals surface area contributed by atoms with Crippen LogP contribution in [0.1, 0.15) is 151 Å². The number of hydrogen-bond acceptors (Lipinski definition) is 21. The van der Waals surface area contributed by atoms with Crippen LogP contribution in [0.3, 0.4) is 0 Å². The molecule has 4 saturated heterocycles. The Morgan fingerprint density at radius 2 is 0.497 bits per heavy atom. The van der Waals surface area contributed by atoms with Crippen LogP contribution in [0.2, 0.25) is 0 Å². The SMILES string of the molecule is COCCN1CCC(C(=O)NO)(S(=O)(=O)c2ccc(-c3ccc(CCCC(F)(F)F)cc3)cc2)CC1.O=C(NO)C1(S(=O)(=O)c2ccc(-c3ccc(CCC(F)(F)C(F)(F)F)cc3)cc2)CCN(C2CC2)CC1.O=C(NO)C1(S(=O)(=O)c2ccc(-c3ccc(CCC(F)(F)C(F)(F)F)cc3)cc2)CCN(C2CC2)CC1.O=C(NO)C1(S(=O)(=O)c2ccc(-c3ccc(CCCC(F)(F)F)cc3)cc2)CCN(C2CC2)CC1.